The van der Waals surface area contributed by atoms with Gasteiger partial charge in [0.25, 0.3) is 0 Å². The highest BCUT2D eigenvalue weighted by Crippen LogP contribution is 2.44. The van der Waals surface area contributed by atoms with Gasteiger partial charge in [0.1, 0.15) is 0 Å². The number of aryl methyl sites for hydroxylation is 1. The molecule has 0 saturated carbocycles. The van der Waals surface area contributed by atoms with E-state index < -0.39 is 0 Å². The molecule has 26 heavy (non-hydrogen) atoms. The molecule has 2 unspecified atom stereocenters. The molecule has 4 rings (SSSR count). The molecule has 0 bridgehead atoms. The van der Waals surface area contributed by atoms with Crippen molar-refractivity contribution in [2.45, 2.75) is 31.8 Å². The van der Waals surface area contributed by atoms with Gasteiger partial charge < -0.3 is 9.84 Å². The number of rotatable bonds is 4. The van der Waals surface area contributed by atoms with Crippen LogP contribution in [0.3, 0.4) is 0 Å². The molecule has 3 aromatic carbocycles. The molecule has 0 aromatic heterocycles. The first-order valence-corrected chi connectivity index (χ1v) is 9.44. The summed E-state index contributed by atoms with van der Waals surface area (Å²) in [7, 11) is 1.79. The van der Waals surface area contributed by atoms with E-state index in [1.807, 2.05) is 0 Å². The Morgan fingerprint density at radius 2 is 1.73 bits per heavy atom. The molecule has 0 amide bonds. The Hall–Kier alpha value is -2.16. The average molecular weight is 346 g/mol. The van der Waals surface area contributed by atoms with Crippen molar-refractivity contribution in [1.29, 1.82) is 0 Å². The lowest BCUT2D eigenvalue weighted by atomic mass is 9.70. The van der Waals surface area contributed by atoms with Gasteiger partial charge >= 0.3 is 0 Å². The van der Waals surface area contributed by atoms with Gasteiger partial charge in [0.2, 0.25) is 0 Å². The maximum absolute atomic E-state index is 9.42. The molecule has 0 fully saturated rings. The smallest absolute Gasteiger partial charge is 0.0931 e. The zero-order valence-corrected chi connectivity index (χ0v) is 15.5. The van der Waals surface area contributed by atoms with Crippen LogP contribution in [0, 0.1) is 5.92 Å². The minimum atomic E-state index is -0.321. The van der Waals surface area contributed by atoms with Gasteiger partial charge in [-0.3, -0.25) is 0 Å². The molecular formula is C24H26O2. The average Bonchev–Trinajstić information content (AvgIpc) is 2.69. The van der Waals surface area contributed by atoms with Gasteiger partial charge in [-0.2, -0.15) is 0 Å². The lowest BCUT2D eigenvalue weighted by Crippen LogP contribution is -2.39. The molecular weight excluding hydrogens is 320 g/mol. The number of aliphatic hydroxyl groups is 1. The van der Waals surface area contributed by atoms with Crippen molar-refractivity contribution in [3.05, 3.63) is 71.8 Å². The molecule has 2 heteroatoms. The number of ether oxygens (including phenoxy) is 1. The van der Waals surface area contributed by atoms with Crippen LogP contribution in [0.2, 0.25) is 0 Å². The van der Waals surface area contributed by atoms with Crippen LogP contribution < -0.4 is 0 Å². The fourth-order valence-corrected chi connectivity index (χ4v) is 4.51. The summed E-state index contributed by atoms with van der Waals surface area (Å²) in [5, 5.41) is 12.0. The Balaban J connectivity index is 1.75. The summed E-state index contributed by atoms with van der Waals surface area (Å²) >= 11 is 0. The zero-order valence-electron chi connectivity index (χ0n) is 15.5. The van der Waals surface area contributed by atoms with Crippen LogP contribution >= 0.6 is 0 Å². The van der Waals surface area contributed by atoms with Gasteiger partial charge in [-0.05, 0) is 71.2 Å². The monoisotopic (exact) mass is 346 g/mol. The molecule has 2 nitrogen and oxygen atoms in total. The summed E-state index contributed by atoms with van der Waals surface area (Å²) in [5.41, 5.74) is 4.83. The van der Waals surface area contributed by atoms with E-state index in [2.05, 4.69) is 67.6 Å². The standard InChI is InChI=1S/C24H26O2/c1-24(26-2)22(13-14-25)11-9-21-16-20(10-12-23(21)24)19-8-7-17-5-3-4-6-18(17)15-19/h3-8,10,12,15-16,22,25H,9,11,13-14H2,1-2H3. The Labute approximate surface area is 155 Å². The first-order chi connectivity index (χ1) is 12.7. The van der Waals surface area contributed by atoms with Crippen molar-refractivity contribution in [1.82, 2.24) is 0 Å². The number of hydrogen-bond acceptors (Lipinski definition) is 2. The van der Waals surface area contributed by atoms with Crippen molar-refractivity contribution in [2.75, 3.05) is 13.7 Å². The molecule has 1 aliphatic rings. The van der Waals surface area contributed by atoms with Gasteiger partial charge in [-0.25, -0.2) is 0 Å². The second-order valence-electron chi connectivity index (χ2n) is 7.49. The van der Waals surface area contributed by atoms with Crippen molar-refractivity contribution in [2.24, 2.45) is 5.92 Å². The summed E-state index contributed by atoms with van der Waals surface area (Å²) in [6, 6.07) is 21.9. The van der Waals surface area contributed by atoms with Crippen LogP contribution in [0.15, 0.2) is 60.7 Å². The van der Waals surface area contributed by atoms with Crippen molar-refractivity contribution >= 4 is 10.8 Å². The van der Waals surface area contributed by atoms with Crippen LogP contribution in [0.25, 0.3) is 21.9 Å². The van der Waals surface area contributed by atoms with Gasteiger partial charge in [0.05, 0.1) is 5.60 Å². The predicted molar refractivity (Wildman–Crippen MR) is 107 cm³/mol. The Bertz CT molecular complexity index is 930. The molecule has 1 aliphatic carbocycles. The maximum atomic E-state index is 9.42. The largest absolute Gasteiger partial charge is 0.396 e. The number of aliphatic hydroxyl groups excluding tert-OH is 1. The van der Waals surface area contributed by atoms with E-state index in [4.69, 9.17) is 4.74 Å². The second kappa shape index (κ2) is 6.86. The van der Waals surface area contributed by atoms with E-state index in [1.165, 1.54) is 33.0 Å². The Morgan fingerprint density at radius 1 is 1.00 bits per heavy atom. The number of methoxy groups -OCH3 is 1. The third-order valence-electron chi connectivity index (χ3n) is 6.17. The molecule has 1 N–H and O–H groups in total. The van der Waals surface area contributed by atoms with Gasteiger partial charge in [-0.15, -0.1) is 0 Å². The van der Waals surface area contributed by atoms with Gasteiger partial charge in [0.15, 0.2) is 0 Å². The lowest BCUT2D eigenvalue weighted by Gasteiger charge is -2.42. The highest BCUT2D eigenvalue weighted by molar-refractivity contribution is 5.87. The van der Waals surface area contributed by atoms with Crippen LogP contribution in [0.4, 0.5) is 0 Å². The van der Waals surface area contributed by atoms with Crippen molar-refractivity contribution < 1.29 is 9.84 Å². The first-order valence-electron chi connectivity index (χ1n) is 9.44. The van der Waals surface area contributed by atoms with E-state index >= 15 is 0 Å². The van der Waals surface area contributed by atoms with E-state index in [0.717, 1.165) is 19.3 Å². The normalized spacial score (nSPS) is 22.3. The van der Waals surface area contributed by atoms with Crippen LogP contribution in [0.1, 0.15) is 30.9 Å². The molecule has 134 valence electrons. The highest BCUT2D eigenvalue weighted by atomic mass is 16.5. The summed E-state index contributed by atoms with van der Waals surface area (Å²) in [6.45, 7) is 2.38. The minimum Gasteiger partial charge on any atom is -0.396 e. The zero-order chi connectivity index (χ0) is 18.1. The quantitative estimate of drug-likeness (QED) is 0.693. The predicted octanol–water partition coefficient (Wildman–Crippen LogP) is 5.31. The van der Waals surface area contributed by atoms with Gasteiger partial charge in [0, 0.05) is 13.7 Å². The molecule has 0 aliphatic heterocycles. The third-order valence-corrected chi connectivity index (χ3v) is 6.17. The molecule has 2 atom stereocenters. The molecule has 0 radical (unpaired) electrons. The fraction of sp³-hybridized carbons (Fsp3) is 0.333. The summed E-state index contributed by atoms with van der Waals surface area (Å²) in [4.78, 5) is 0. The van der Waals surface area contributed by atoms with Crippen molar-refractivity contribution in [3.63, 3.8) is 0 Å². The summed E-state index contributed by atoms with van der Waals surface area (Å²) < 4.78 is 5.96. The number of fused-ring (bicyclic) bond motifs is 2. The SMILES string of the molecule is COC1(C)c2ccc(-c3ccc4ccccc4c3)cc2CCC1CCO. The van der Waals surface area contributed by atoms with E-state index in [-0.39, 0.29) is 12.2 Å². The molecule has 0 heterocycles. The van der Waals surface area contributed by atoms with E-state index in [0.29, 0.717) is 5.92 Å². The summed E-state index contributed by atoms with van der Waals surface area (Å²) in [6.07, 6.45) is 2.88. The lowest BCUT2D eigenvalue weighted by molar-refractivity contribution is -0.0649. The fourth-order valence-electron chi connectivity index (χ4n) is 4.51. The molecule has 0 saturated heterocycles. The van der Waals surface area contributed by atoms with Gasteiger partial charge in [-0.1, -0.05) is 54.6 Å². The number of benzene rings is 3. The molecule has 3 aromatic rings. The summed E-state index contributed by atoms with van der Waals surface area (Å²) in [5.74, 6) is 0.358. The third kappa shape index (κ3) is 2.84. The second-order valence-corrected chi connectivity index (χ2v) is 7.49. The maximum Gasteiger partial charge on any atom is 0.0931 e. The highest BCUT2D eigenvalue weighted by Gasteiger charge is 2.40. The Kier molecular flexibility index (Phi) is 4.56. The van der Waals surface area contributed by atoms with Crippen LogP contribution in [-0.4, -0.2) is 18.8 Å². The first kappa shape index (κ1) is 17.3. The number of hydrogen-bond donors (Lipinski definition) is 1. The van der Waals surface area contributed by atoms with Crippen LogP contribution in [-0.2, 0) is 16.8 Å². The van der Waals surface area contributed by atoms with E-state index in [1.54, 1.807) is 7.11 Å². The molecule has 0 spiro atoms. The minimum absolute atomic E-state index is 0.216. The topological polar surface area (TPSA) is 29.5 Å². The van der Waals surface area contributed by atoms with Crippen LogP contribution in [0.5, 0.6) is 0 Å². The van der Waals surface area contributed by atoms with E-state index in [9.17, 15) is 5.11 Å². The Morgan fingerprint density at radius 3 is 2.50 bits per heavy atom. The van der Waals surface area contributed by atoms with Crippen molar-refractivity contribution in [3.8, 4) is 11.1 Å².